The first-order valence-corrected chi connectivity index (χ1v) is 17.8. The molecule has 4 amide bonds. The van der Waals surface area contributed by atoms with Crippen LogP contribution in [0.4, 0.5) is 11.4 Å². The number of nitrogens with zero attached hydrogens (tertiary/aromatic N) is 1. The van der Waals surface area contributed by atoms with E-state index in [1.54, 1.807) is 60.7 Å². The topological polar surface area (TPSA) is 182 Å². The SMILES string of the molecule is C[C@H](C(=O)OCC(=O)Nc1ccc(Cl)cc1C(=O)c1ccccc1)N1C(=O)c2ccc(C(=O)OCC(=O)Nc3ccc(Cl)cc3C(=O)c3ccccc3)cc2C1=O. The molecule has 0 saturated carbocycles. The minimum absolute atomic E-state index is 0.100. The van der Waals surface area contributed by atoms with Crippen LogP contribution < -0.4 is 10.6 Å². The number of hydrogen-bond donors (Lipinski definition) is 2. The molecule has 5 aromatic carbocycles. The van der Waals surface area contributed by atoms with E-state index >= 15 is 0 Å². The highest BCUT2D eigenvalue weighted by Gasteiger charge is 2.42. The van der Waals surface area contributed by atoms with E-state index in [9.17, 15) is 38.4 Å². The second kappa shape index (κ2) is 17.2. The lowest BCUT2D eigenvalue weighted by molar-refractivity contribution is -0.150. The number of carbonyl (C=O) groups is 8. The van der Waals surface area contributed by atoms with Crippen LogP contribution in [-0.2, 0) is 23.9 Å². The summed E-state index contributed by atoms with van der Waals surface area (Å²) in [6.45, 7) is -0.360. The van der Waals surface area contributed by atoms with Gasteiger partial charge in [-0.15, -0.1) is 0 Å². The Bertz CT molecular complexity index is 2470. The van der Waals surface area contributed by atoms with E-state index in [-0.39, 0.29) is 49.2 Å². The summed E-state index contributed by atoms with van der Waals surface area (Å²) in [5, 5.41) is 5.57. The average molecular weight is 807 g/mol. The van der Waals surface area contributed by atoms with Crippen LogP contribution in [0.15, 0.2) is 115 Å². The monoisotopic (exact) mass is 805 g/mol. The van der Waals surface area contributed by atoms with Crippen molar-refractivity contribution in [2.24, 2.45) is 0 Å². The van der Waals surface area contributed by atoms with Gasteiger partial charge in [0.1, 0.15) is 6.04 Å². The number of halogens is 2. The van der Waals surface area contributed by atoms with Gasteiger partial charge in [-0.05, 0) is 61.5 Å². The molecule has 5 aromatic rings. The van der Waals surface area contributed by atoms with Crippen LogP contribution in [0, 0.1) is 0 Å². The zero-order valence-electron chi connectivity index (χ0n) is 29.7. The first-order chi connectivity index (χ1) is 27.3. The maximum atomic E-state index is 13.4. The third-order valence-corrected chi connectivity index (χ3v) is 9.10. The normalized spacial score (nSPS) is 12.3. The Labute approximate surface area is 334 Å². The molecule has 0 aliphatic carbocycles. The summed E-state index contributed by atoms with van der Waals surface area (Å²) < 4.78 is 10.3. The van der Waals surface area contributed by atoms with Crippen molar-refractivity contribution in [2.75, 3.05) is 23.8 Å². The third-order valence-electron chi connectivity index (χ3n) is 8.63. The maximum Gasteiger partial charge on any atom is 0.338 e. The van der Waals surface area contributed by atoms with Gasteiger partial charge in [-0.2, -0.15) is 0 Å². The molecule has 1 aliphatic rings. The van der Waals surface area contributed by atoms with Crippen molar-refractivity contribution in [3.8, 4) is 0 Å². The molecule has 0 aromatic heterocycles. The smallest absolute Gasteiger partial charge is 0.338 e. The molecule has 0 saturated heterocycles. The van der Waals surface area contributed by atoms with E-state index in [4.69, 9.17) is 32.7 Å². The van der Waals surface area contributed by atoms with Crippen molar-refractivity contribution in [3.63, 3.8) is 0 Å². The Morgan fingerprint density at radius 2 is 1.05 bits per heavy atom. The number of fused-ring (bicyclic) bond motifs is 1. The van der Waals surface area contributed by atoms with Crippen molar-refractivity contribution in [2.45, 2.75) is 13.0 Å². The summed E-state index contributed by atoms with van der Waals surface area (Å²) in [7, 11) is 0. The number of anilines is 2. The van der Waals surface area contributed by atoms with Gasteiger partial charge in [-0.25, -0.2) is 9.59 Å². The largest absolute Gasteiger partial charge is 0.454 e. The van der Waals surface area contributed by atoms with Crippen LogP contribution >= 0.6 is 23.2 Å². The quantitative estimate of drug-likeness (QED) is 0.0766. The van der Waals surface area contributed by atoms with E-state index < -0.39 is 66.4 Å². The van der Waals surface area contributed by atoms with Gasteiger partial charge in [-0.1, -0.05) is 83.9 Å². The van der Waals surface area contributed by atoms with Crippen molar-refractivity contribution in [1.29, 1.82) is 0 Å². The summed E-state index contributed by atoms with van der Waals surface area (Å²) >= 11 is 12.2. The summed E-state index contributed by atoms with van der Waals surface area (Å²) in [5.41, 5.74) is 0.693. The summed E-state index contributed by atoms with van der Waals surface area (Å²) in [5.74, 6) is -6.25. The Kier molecular flexibility index (Phi) is 12.0. The van der Waals surface area contributed by atoms with Gasteiger partial charge in [0, 0.05) is 32.3 Å². The van der Waals surface area contributed by atoms with E-state index in [1.165, 1.54) is 55.5 Å². The molecule has 286 valence electrons. The number of benzene rings is 5. The molecule has 1 heterocycles. The molecule has 1 aliphatic heterocycles. The number of rotatable bonds is 13. The van der Waals surface area contributed by atoms with Crippen molar-refractivity contribution < 1.29 is 47.8 Å². The number of carbonyl (C=O) groups excluding carboxylic acids is 8. The van der Waals surface area contributed by atoms with E-state index in [0.717, 1.165) is 6.07 Å². The van der Waals surface area contributed by atoms with Crippen molar-refractivity contribution >= 4 is 81.7 Å². The predicted octanol–water partition coefficient (Wildman–Crippen LogP) is 6.42. The van der Waals surface area contributed by atoms with E-state index in [0.29, 0.717) is 16.0 Å². The summed E-state index contributed by atoms with van der Waals surface area (Å²) in [4.78, 5) is 105. The molecule has 57 heavy (non-hydrogen) atoms. The summed E-state index contributed by atoms with van der Waals surface area (Å²) in [6.07, 6.45) is 0. The fourth-order valence-corrected chi connectivity index (χ4v) is 6.15. The molecule has 0 radical (unpaired) electrons. The molecular weight excluding hydrogens is 777 g/mol. The summed E-state index contributed by atoms with van der Waals surface area (Å²) in [6, 6.07) is 27.3. The Balaban J connectivity index is 1.04. The second-order valence-corrected chi connectivity index (χ2v) is 13.3. The van der Waals surface area contributed by atoms with Crippen molar-refractivity contribution in [1.82, 2.24) is 4.90 Å². The lowest BCUT2D eigenvalue weighted by atomic mass is 10.0. The van der Waals surface area contributed by atoms with Gasteiger partial charge in [0.15, 0.2) is 24.8 Å². The Morgan fingerprint density at radius 3 is 1.56 bits per heavy atom. The molecule has 15 heteroatoms. The Hall–Kier alpha value is -6.96. The highest BCUT2D eigenvalue weighted by molar-refractivity contribution is 6.32. The van der Waals surface area contributed by atoms with Crippen LogP contribution in [0.1, 0.15) is 69.8 Å². The van der Waals surface area contributed by atoms with E-state index in [2.05, 4.69) is 10.6 Å². The molecule has 0 unspecified atom stereocenters. The zero-order valence-corrected chi connectivity index (χ0v) is 31.3. The van der Waals surface area contributed by atoms with Gasteiger partial charge in [-0.3, -0.25) is 33.7 Å². The molecule has 1 atom stereocenters. The lowest BCUT2D eigenvalue weighted by Gasteiger charge is -2.20. The van der Waals surface area contributed by atoms with Crippen LogP contribution in [0.25, 0.3) is 0 Å². The van der Waals surface area contributed by atoms with Gasteiger partial charge in [0.25, 0.3) is 23.6 Å². The fraction of sp³-hybridized carbons (Fsp3) is 0.0952. The van der Waals surface area contributed by atoms with Crippen LogP contribution in [0.5, 0.6) is 0 Å². The molecule has 0 bridgehead atoms. The van der Waals surface area contributed by atoms with Gasteiger partial charge < -0.3 is 20.1 Å². The first kappa shape index (κ1) is 39.7. The number of nitrogens with one attached hydrogen (secondary N) is 2. The molecule has 0 fully saturated rings. The number of esters is 2. The third kappa shape index (κ3) is 8.96. The zero-order chi connectivity index (χ0) is 40.8. The fourth-order valence-electron chi connectivity index (χ4n) is 5.80. The van der Waals surface area contributed by atoms with Crippen LogP contribution in [-0.4, -0.2) is 71.3 Å². The van der Waals surface area contributed by atoms with Crippen LogP contribution in [0.3, 0.4) is 0 Å². The highest BCUT2D eigenvalue weighted by Crippen LogP contribution is 2.28. The standard InChI is InChI=1S/C42H29Cl2N3O10/c1-23(41(54)56-21-35(48)45-33-16-13-27(43)19-31(33)37(50)24-8-4-2-5-9-24)47-39(52)29-15-12-26(18-30(29)40(47)53)42(55)57-22-36(49)46-34-17-14-28(44)20-32(34)38(51)25-10-6-3-7-11-25/h2-20,23H,21-22H2,1H3,(H,45,48)(H,46,49)/t23-/m1/s1. The molecule has 0 spiro atoms. The number of ketones is 2. The number of imide groups is 1. The minimum atomic E-state index is -1.48. The first-order valence-electron chi connectivity index (χ1n) is 17.1. The predicted molar refractivity (Wildman–Crippen MR) is 208 cm³/mol. The molecule has 2 N–H and O–H groups in total. The van der Waals surface area contributed by atoms with Gasteiger partial charge in [0.2, 0.25) is 0 Å². The van der Waals surface area contributed by atoms with Gasteiger partial charge in [0.05, 0.1) is 28.1 Å². The lowest BCUT2D eigenvalue weighted by Crippen LogP contribution is -2.44. The second-order valence-electron chi connectivity index (χ2n) is 12.5. The average Bonchev–Trinajstić information content (AvgIpc) is 3.47. The number of amides is 4. The highest BCUT2D eigenvalue weighted by atomic mass is 35.5. The van der Waals surface area contributed by atoms with Gasteiger partial charge >= 0.3 is 11.9 Å². The van der Waals surface area contributed by atoms with Crippen molar-refractivity contribution in [3.05, 3.63) is 164 Å². The van der Waals surface area contributed by atoms with Crippen LogP contribution in [0.2, 0.25) is 10.0 Å². The molecular formula is C42H29Cl2N3O10. The molecule has 13 nitrogen and oxygen atoms in total. The Morgan fingerprint density at radius 1 is 0.579 bits per heavy atom. The number of ether oxygens (including phenoxy) is 2. The minimum Gasteiger partial charge on any atom is -0.454 e. The number of hydrogen-bond acceptors (Lipinski definition) is 10. The molecule has 6 rings (SSSR count). The maximum absolute atomic E-state index is 13.4. The van der Waals surface area contributed by atoms with E-state index in [1.807, 2.05) is 0 Å².